The van der Waals surface area contributed by atoms with Gasteiger partial charge in [0.2, 0.25) is 0 Å². The summed E-state index contributed by atoms with van der Waals surface area (Å²) < 4.78 is 11.9. The molecule has 2 bridgehead atoms. The van der Waals surface area contributed by atoms with Crippen LogP contribution in [0.15, 0.2) is 211 Å². The molecule has 4 aromatic heterocycles. The van der Waals surface area contributed by atoms with E-state index in [1.165, 1.54) is 43.3 Å². The Balaban J connectivity index is 1.09. The second-order valence-electron chi connectivity index (χ2n) is 17.7. The number of benzene rings is 10. The lowest BCUT2D eigenvalue weighted by Crippen LogP contribution is -2.06. The minimum atomic E-state index is 0.622. The number of rotatable bonds is 3. The van der Waals surface area contributed by atoms with E-state index in [1.807, 2.05) is 0 Å². The molecule has 0 unspecified atom stereocenters. The van der Waals surface area contributed by atoms with Crippen LogP contribution in [0.5, 0.6) is 0 Å². The van der Waals surface area contributed by atoms with Crippen molar-refractivity contribution in [1.29, 1.82) is 0 Å². The lowest BCUT2D eigenvalue weighted by atomic mass is 9.92. The summed E-state index contributed by atoms with van der Waals surface area (Å²) in [6.45, 7) is 0. The number of hydrogen-bond donors (Lipinski definition) is 0. The van der Waals surface area contributed by atoms with Crippen LogP contribution in [0.2, 0.25) is 0 Å². The van der Waals surface area contributed by atoms with Gasteiger partial charge in [-0.25, -0.2) is 9.97 Å². The molecule has 0 spiro atoms. The second kappa shape index (κ2) is 13.4. The van der Waals surface area contributed by atoms with Crippen molar-refractivity contribution in [3.63, 3.8) is 0 Å². The zero-order valence-corrected chi connectivity index (χ0v) is 35.5. The van der Waals surface area contributed by atoms with Crippen LogP contribution in [-0.4, -0.2) is 19.1 Å². The largest absolute Gasteiger partial charge is 0.455 e. The first-order chi connectivity index (χ1) is 32.7. The third kappa shape index (κ3) is 5.05. The van der Waals surface area contributed by atoms with E-state index in [1.54, 1.807) is 0 Å². The molecule has 1 aliphatic heterocycles. The van der Waals surface area contributed by atoms with Gasteiger partial charge in [0, 0.05) is 61.1 Å². The van der Waals surface area contributed by atoms with Crippen LogP contribution >= 0.6 is 0 Å². The summed E-state index contributed by atoms with van der Waals surface area (Å²) in [6, 6.07) is 74.6. The molecule has 5 heteroatoms. The van der Waals surface area contributed by atoms with Gasteiger partial charge < -0.3 is 13.6 Å². The standard InChI is InChI=1S/C61H36N4O/c1-2-16-43(17-3-1)64-51-20-10-8-18-44(51)48-34-42(25-28-52(48)64)61-62-58(41-24-23-37-12-4-5-13-38(37)32-41)50-30-36-22-26-45-49-33-39-14-6-7-15-40(39)35-55(49)65(54(45)31-36)53-29-27-47-46-19-9-11-21-56(46)66-60(47)57(53)59(50)63-61/h1-29,31-35H,30H2. The fourth-order valence-electron chi connectivity index (χ4n) is 11.0. The Kier molecular flexibility index (Phi) is 7.22. The summed E-state index contributed by atoms with van der Waals surface area (Å²) in [4.78, 5) is 11.5. The summed E-state index contributed by atoms with van der Waals surface area (Å²) in [6.07, 6.45) is 0.622. The van der Waals surface area contributed by atoms with Crippen LogP contribution < -0.4 is 0 Å². The van der Waals surface area contributed by atoms with Gasteiger partial charge in [-0.05, 0) is 106 Å². The van der Waals surface area contributed by atoms with Crippen molar-refractivity contribution >= 4 is 87.1 Å². The molecule has 66 heavy (non-hydrogen) atoms. The van der Waals surface area contributed by atoms with Crippen molar-refractivity contribution in [2.24, 2.45) is 0 Å². The molecule has 0 saturated heterocycles. The lowest BCUT2D eigenvalue weighted by molar-refractivity contribution is 0.669. The maximum Gasteiger partial charge on any atom is 0.160 e. The van der Waals surface area contributed by atoms with E-state index in [0.717, 1.165) is 94.4 Å². The number of furan rings is 1. The first-order valence-corrected chi connectivity index (χ1v) is 22.6. The van der Waals surface area contributed by atoms with Gasteiger partial charge in [0.25, 0.3) is 0 Å². The predicted molar refractivity (Wildman–Crippen MR) is 272 cm³/mol. The highest BCUT2D eigenvalue weighted by atomic mass is 16.3. The Labute approximate surface area is 378 Å². The fraction of sp³-hybridized carbons (Fsp3) is 0.0164. The van der Waals surface area contributed by atoms with Crippen molar-refractivity contribution in [3.8, 4) is 45.3 Å². The number of aromatic nitrogens is 4. The average Bonchev–Trinajstić information content (AvgIpc) is 4.03. The molecule has 5 nitrogen and oxygen atoms in total. The second-order valence-corrected chi connectivity index (χ2v) is 17.7. The first kappa shape index (κ1) is 35.6. The van der Waals surface area contributed by atoms with Gasteiger partial charge in [-0.3, -0.25) is 0 Å². The van der Waals surface area contributed by atoms with E-state index in [-0.39, 0.29) is 0 Å². The molecule has 0 amide bonds. The molecule has 10 aromatic carbocycles. The molecule has 14 aromatic rings. The number of para-hydroxylation sites is 3. The topological polar surface area (TPSA) is 48.8 Å². The molecule has 0 aliphatic carbocycles. The average molecular weight is 841 g/mol. The van der Waals surface area contributed by atoms with Crippen LogP contribution in [0, 0.1) is 0 Å². The van der Waals surface area contributed by atoms with E-state index >= 15 is 0 Å². The molecule has 306 valence electrons. The SMILES string of the molecule is c1ccc(-n2c3ccccc3c3cc(-c4nc(-c5ccc6ccccc6c5)c5c(n4)-c4c(ccc6c4oc4ccccc46)-n4c6cc(ccc6c6cc7ccccc7cc64)C5)ccc32)cc1. The zero-order valence-electron chi connectivity index (χ0n) is 35.5. The Morgan fingerprint density at radius 2 is 1.05 bits per heavy atom. The summed E-state index contributed by atoms with van der Waals surface area (Å²) in [7, 11) is 0. The monoisotopic (exact) mass is 840 g/mol. The molecule has 0 N–H and O–H groups in total. The molecule has 0 fully saturated rings. The highest BCUT2D eigenvalue weighted by Gasteiger charge is 2.29. The van der Waals surface area contributed by atoms with Gasteiger partial charge in [-0.1, -0.05) is 127 Å². The van der Waals surface area contributed by atoms with Gasteiger partial charge in [0.1, 0.15) is 11.2 Å². The van der Waals surface area contributed by atoms with Gasteiger partial charge in [-0.2, -0.15) is 0 Å². The number of fused-ring (bicyclic) bond motifs is 17. The summed E-state index contributed by atoms with van der Waals surface area (Å²) in [5, 5.41) is 11.7. The molecule has 5 heterocycles. The van der Waals surface area contributed by atoms with Gasteiger partial charge in [0.05, 0.1) is 44.7 Å². The van der Waals surface area contributed by atoms with Crippen molar-refractivity contribution in [3.05, 3.63) is 217 Å². The molecule has 15 rings (SSSR count). The van der Waals surface area contributed by atoms with E-state index in [2.05, 4.69) is 215 Å². The Bertz CT molecular complexity index is 4380. The minimum absolute atomic E-state index is 0.622. The van der Waals surface area contributed by atoms with E-state index < -0.39 is 0 Å². The smallest absolute Gasteiger partial charge is 0.160 e. The van der Waals surface area contributed by atoms with Crippen LogP contribution in [0.1, 0.15) is 11.1 Å². The maximum atomic E-state index is 7.08. The lowest BCUT2D eigenvalue weighted by Gasteiger charge is -2.19. The summed E-state index contributed by atoms with van der Waals surface area (Å²) in [5.74, 6) is 0.661. The van der Waals surface area contributed by atoms with Crippen molar-refractivity contribution < 1.29 is 4.42 Å². The van der Waals surface area contributed by atoms with E-state index in [4.69, 9.17) is 14.4 Å². The number of hydrogen-bond acceptors (Lipinski definition) is 3. The van der Waals surface area contributed by atoms with Crippen molar-refractivity contribution in [1.82, 2.24) is 19.1 Å². The third-order valence-electron chi connectivity index (χ3n) is 14.1. The summed E-state index contributed by atoms with van der Waals surface area (Å²) in [5.41, 5.74) is 15.4. The van der Waals surface area contributed by atoms with E-state index in [0.29, 0.717) is 12.2 Å². The Hall–Kier alpha value is -8.80. The Morgan fingerprint density at radius 3 is 1.92 bits per heavy atom. The summed E-state index contributed by atoms with van der Waals surface area (Å²) >= 11 is 0. The third-order valence-corrected chi connectivity index (χ3v) is 14.1. The van der Waals surface area contributed by atoms with Crippen LogP contribution in [0.4, 0.5) is 0 Å². The Morgan fingerprint density at radius 1 is 0.394 bits per heavy atom. The molecular formula is C61H36N4O. The van der Waals surface area contributed by atoms with Crippen LogP contribution in [0.25, 0.3) is 132 Å². The maximum absolute atomic E-state index is 7.08. The molecule has 0 saturated carbocycles. The molecular weight excluding hydrogens is 805 g/mol. The fourth-order valence-corrected chi connectivity index (χ4v) is 11.0. The predicted octanol–water partition coefficient (Wildman–Crippen LogP) is 15.8. The first-order valence-electron chi connectivity index (χ1n) is 22.6. The number of nitrogens with zero attached hydrogens (tertiary/aromatic N) is 4. The van der Waals surface area contributed by atoms with Crippen molar-refractivity contribution in [2.75, 3.05) is 0 Å². The highest BCUT2D eigenvalue weighted by Crippen LogP contribution is 2.47. The normalized spacial score (nSPS) is 12.5. The van der Waals surface area contributed by atoms with Crippen LogP contribution in [-0.2, 0) is 6.42 Å². The molecule has 1 aliphatic rings. The van der Waals surface area contributed by atoms with Crippen LogP contribution in [0.3, 0.4) is 0 Å². The zero-order chi connectivity index (χ0) is 43.0. The van der Waals surface area contributed by atoms with E-state index in [9.17, 15) is 0 Å². The molecule has 0 radical (unpaired) electrons. The van der Waals surface area contributed by atoms with Gasteiger partial charge >= 0.3 is 0 Å². The van der Waals surface area contributed by atoms with Crippen molar-refractivity contribution in [2.45, 2.75) is 6.42 Å². The quantitative estimate of drug-likeness (QED) is 0.178. The highest BCUT2D eigenvalue weighted by molar-refractivity contribution is 6.17. The minimum Gasteiger partial charge on any atom is -0.455 e. The molecule has 0 atom stereocenters. The van der Waals surface area contributed by atoms with Gasteiger partial charge in [0.15, 0.2) is 5.82 Å². The van der Waals surface area contributed by atoms with Gasteiger partial charge in [-0.15, -0.1) is 0 Å².